The van der Waals surface area contributed by atoms with Crippen LogP contribution in [0, 0.1) is 5.92 Å². The van der Waals surface area contributed by atoms with E-state index in [1.165, 1.54) is 12.3 Å². The van der Waals surface area contributed by atoms with Gasteiger partial charge in [0.15, 0.2) is 0 Å². The number of amides is 1. The Balaban J connectivity index is 2.20. The number of hydrogen-bond donors (Lipinski definition) is 2. The Hall–Kier alpha value is -1.49. The first-order valence-corrected chi connectivity index (χ1v) is 6.61. The molecular formula is C13H16ClNO4. The molecule has 0 aliphatic heterocycles. The van der Waals surface area contributed by atoms with Gasteiger partial charge in [0, 0.05) is 0 Å². The zero-order valence-electron chi connectivity index (χ0n) is 10.6. The van der Waals surface area contributed by atoms with Crippen molar-refractivity contribution in [3.8, 4) is 0 Å². The Morgan fingerprint density at radius 1 is 1.58 bits per heavy atom. The fourth-order valence-electron chi connectivity index (χ4n) is 2.65. The molecule has 19 heavy (non-hydrogen) atoms. The van der Waals surface area contributed by atoms with Crippen LogP contribution in [0.5, 0.6) is 0 Å². The second kappa shape index (κ2) is 5.25. The molecule has 2 rings (SSSR count). The van der Waals surface area contributed by atoms with Gasteiger partial charge in [0.25, 0.3) is 5.91 Å². The van der Waals surface area contributed by atoms with Gasteiger partial charge in [-0.15, -0.1) is 0 Å². The Labute approximate surface area is 115 Å². The maximum Gasteiger partial charge on any atom is 0.329 e. The average Bonchev–Trinajstić information content (AvgIpc) is 2.75. The molecule has 2 unspecified atom stereocenters. The minimum absolute atomic E-state index is 0.0260. The summed E-state index contributed by atoms with van der Waals surface area (Å²) in [5.74, 6) is -1.23. The zero-order valence-corrected chi connectivity index (χ0v) is 11.4. The number of nitrogens with one attached hydrogen (secondary N) is 1. The molecule has 1 aliphatic rings. The summed E-state index contributed by atoms with van der Waals surface area (Å²) in [6, 6.07) is 1.43. The van der Waals surface area contributed by atoms with Gasteiger partial charge in [-0.25, -0.2) is 4.79 Å². The molecule has 5 nitrogen and oxygen atoms in total. The van der Waals surface area contributed by atoms with Crippen molar-refractivity contribution in [2.24, 2.45) is 5.92 Å². The Morgan fingerprint density at radius 2 is 2.32 bits per heavy atom. The van der Waals surface area contributed by atoms with Gasteiger partial charge >= 0.3 is 5.97 Å². The number of rotatable bonds is 3. The van der Waals surface area contributed by atoms with E-state index in [1.807, 2.05) is 6.92 Å². The van der Waals surface area contributed by atoms with Gasteiger partial charge in [0.2, 0.25) is 5.22 Å². The summed E-state index contributed by atoms with van der Waals surface area (Å²) in [5, 5.41) is 12.0. The molecule has 1 saturated carbocycles. The zero-order chi connectivity index (χ0) is 14.0. The van der Waals surface area contributed by atoms with Gasteiger partial charge in [-0.1, -0.05) is 19.8 Å². The lowest BCUT2D eigenvalue weighted by Gasteiger charge is -2.36. The van der Waals surface area contributed by atoms with Crippen LogP contribution >= 0.6 is 11.6 Å². The van der Waals surface area contributed by atoms with Crippen molar-refractivity contribution < 1.29 is 19.1 Å². The number of hydrogen-bond acceptors (Lipinski definition) is 3. The van der Waals surface area contributed by atoms with Crippen molar-refractivity contribution in [2.75, 3.05) is 0 Å². The van der Waals surface area contributed by atoms with Crippen molar-refractivity contribution in [3.63, 3.8) is 0 Å². The highest BCUT2D eigenvalue weighted by Gasteiger charge is 2.43. The summed E-state index contributed by atoms with van der Waals surface area (Å²) in [7, 11) is 0. The second-order valence-electron chi connectivity index (χ2n) is 5.15. The molecule has 0 aromatic carbocycles. The van der Waals surface area contributed by atoms with Crippen molar-refractivity contribution in [2.45, 2.75) is 38.1 Å². The van der Waals surface area contributed by atoms with Crippen LogP contribution in [0.4, 0.5) is 0 Å². The average molecular weight is 286 g/mol. The molecule has 0 saturated heterocycles. The number of furan rings is 1. The van der Waals surface area contributed by atoms with Crippen molar-refractivity contribution in [1.82, 2.24) is 5.32 Å². The molecule has 1 aliphatic carbocycles. The van der Waals surface area contributed by atoms with E-state index >= 15 is 0 Å². The predicted octanol–water partition coefficient (Wildman–Crippen LogP) is 2.70. The molecule has 6 heteroatoms. The van der Waals surface area contributed by atoms with E-state index in [-0.39, 0.29) is 16.7 Å². The lowest BCUT2D eigenvalue weighted by Crippen LogP contribution is -2.56. The van der Waals surface area contributed by atoms with Crippen LogP contribution in [-0.2, 0) is 4.79 Å². The number of carbonyl (C=O) groups is 2. The maximum absolute atomic E-state index is 12.1. The highest BCUT2D eigenvalue weighted by Crippen LogP contribution is 2.33. The third-order valence-electron chi connectivity index (χ3n) is 3.62. The van der Waals surface area contributed by atoms with Crippen LogP contribution in [0.1, 0.15) is 43.0 Å². The predicted molar refractivity (Wildman–Crippen MR) is 69.2 cm³/mol. The number of aliphatic carboxylic acids is 1. The fraction of sp³-hybridized carbons (Fsp3) is 0.538. The van der Waals surface area contributed by atoms with Crippen LogP contribution in [0.15, 0.2) is 16.7 Å². The highest BCUT2D eigenvalue weighted by atomic mass is 35.5. The molecule has 1 amide bonds. The van der Waals surface area contributed by atoms with Crippen LogP contribution in [-0.4, -0.2) is 22.5 Å². The minimum atomic E-state index is -1.20. The van der Waals surface area contributed by atoms with Crippen LogP contribution in [0.2, 0.25) is 5.22 Å². The van der Waals surface area contributed by atoms with Gasteiger partial charge in [0.05, 0.1) is 11.8 Å². The van der Waals surface area contributed by atoms with E-state index < -0.39 is 17.4 Å². The summed E-state index contributed by atoms with van der Waals surface area (Å²) in [6.07, 6.45) is 3.94. The topological polar surface area (TPSA) is 79.5 Å². The Kier molecular flexibility index (Phi) is 3.85. The molecule has 1 aromatic heterocycles. The first kappa shape index (κ1) is 13.9. The van der Waals surface area contributed by atoms with E-state index in [4.69, 9.17) is 16.0 Å². The van der Waals surface area contributed by atoms with E-state index in [9.17, 15) is 14.7 Å². The highest BCUT2D eigenvalue weighted by molar-refractivity contribution is 6.32. The third kappa shape index (κ3) is 2.76. The van der Waals surface area contributed by atoms with Gasteiger partial charge < -0.3 is 14.8 Å². The second-order valence-corrected chi connectivity index (χ2v) is 5.49. The molecule has 2 atom stereocenters. The lowest BCUT2D eigenvalue weighted by atomic mass is 9.76. The molecule has 1 heterocycles. The first-order chi connectivity index (χ1) is 8.94. The SMILES string of the molecule is CC1CCCC(NC(=O)c2ccoc2Cl)(C(=O)O)C1. The molecule has 104 valence electrons. The molecule has 0 bridgehead atoms. The summed E-state index contributed by atoms with van der Waals surface area (Å²) >= 11 is 5.73. The van der Waals surface area contributed by atoms with Crippen LogP contribution in [0.3, 0.4) is 0 Å². The summed E-state index contributed by atoms with van der Waals surface area (Å²) in [4.78, 5) is 23.6. The van der Waals surface area contributed by atoms with E-state index in [0.717, 1.165) is 12.8 Å². The number of carboxylic acid groups (broad SMARTS) is 1. The van der Waals surface area contributed by atoms with Gasteiger partial charge in [-0.2, -0.15) is 0 Å². The van der Waals surface area contributed by atoms with E-state index in [0.29, 0.717) is 12.8 Å². The Morgan fingerprint density at radius 3 is 2.84 bits per heavy atom. The normalized spacial score (nSPS) is 26.9. The van der Waals surface area contributed by atoms with E-state index in [2.05, 4.69) is 5.32 Å². The number of carbonyl (C=O) groups excluding carboxylic acids is 1. The fourth-order valence-corrected chi connectivity index (χ4v) is 2.85. The van der Waals surface area contributed by atoms with Crippen molar-refractivity contribution in [3.05, 3.63) is 23.1 Å². The van der Waals surface area contributed by atoms with Crippen molar-refractivity contribution >= 4 is 23.5 Å². The molecule has 1 aromatic rings. The quantitative estimate of drug-likeness (QED) is 0.895. The monoisotopic (exact) mass is 285 g/mol. The first-order valence-electron chi connectivity index (χ1n) is 6.23. The van der Waals surface area contributed by atoms with Gasteiger partial charge in [-0.05, 0) is 36.4 Å². The van der Waals surface area contributed by atoms with Crippen LogP contribution in [0.25, 0.3) is 0 Å². The standard InChI is InChI=1S/C13H16ClNO4/c1-8-3-2-5-13(7-8,12(17)18)15-11(16)9-4-6-19-10(9)14/h4,6,8H,2-3,5,7H2,1H3,(H,15,16)(H,17,18). The molecular weight excluding hydrogens is 270 g/mol. The smallest absolute Gasteiger partial charge is 0.329 e. The van der Waals surface area contributed by atoms with Gasteiger partial charge in [0.1, 0.15) is 5.54 Å². The molecule has 1 fully saturated rings. The third-order valence-corrected chi connectivity index (χ3v) is 3.91. The Bertz CT molecular complexity index is 499. The lowest BCUT2D eigenvalue weighted by molar-refractivity contribution is -0.146. The minimum Gasteiger partial charge on any atom is -0.480 e. The maximum atomic E-state index is 12.1. The molecule has 0 spiro atoms. The number of carboxylic acids is 1. The summed E-state index contributed by atoms with van der Waals surface area (Å²) in [6.45, 7) is 1.99. The van der Waals surface area contributed by atoms with Gasteiger partial charge in [-0.3, -0.25) is 4.79 Å². The van der Waals surface area contributed by atoms with E-state index in [1.54, 1.807) is 0 Å². The summed E-state index contributed by atoms with van der Waals surface area (Å²) < 4.78 is 4.85. The largest absolute Gasteiger partial charge is 0.480 e. The molecule has 2 N–H and O–H groups in total. The van der Waals surface area contributed by atoms with Crippen molar-refractivity contribution in [1.29, 1.82) is 0 Å². The van der Waals surface area contributed by atoms with Crippen LogP contribution < -0.4 is 5.32 Å². The summed E-state index contributed by atoms with van der Waals surface area (Å²) in [5.41, 5.74) is -1.03. The number of halogens is 1. The molecule has 0 radical (unpaired) electrons.